The van der Waals surface area contributed by atoms with Crippen LogP contribution in [0, 0.1) is 11.6 Å². The van der Waals surface area contributed by atoms with Crippen LogP contribution in [0.2, 0.25) is 0 Å². The first-order valence-corrected chi connectivity index (χ1v) is 14.0. The summed E-state index contributed by atoms with van der Waals surface area (Å²) in [5, 5.41) is 7.81. The van der Waals surface area contributed by atoms with Crippen LogP contribution < -0.4 is 4.74 Å². The first-order chi connectivity index (χ1) is 17.9. The highest BCUT2D eigenvalue weighted by atomic mass is 31.2. The van der Waals surface area contributed by atoms with Gasteiger partial charge >= 0.3 is 32.8 Å². The van der Waals surface area contributed by atoms with Gasteiger partial charge in [0.2, 0.25) is 0 Å². The van der Waals surface area contributed by atoms with E-state index in [0.717, 1.165) is 0 Å². The highest BCUT2D eigenvalue weighted by Crippen LogP contribution is 2.72. The van der Waals surface area contributed by atoms with Crippen molar-refractivity contribution in [1.82, 2.24) is 9.88 Å². The van der Waals surface area contributed by atoms with Crippen LogP contribution >= 0.6 is 15.6 Å². The molecule has 2 aromatic rings. The molecule has 2 aliphatic rings. The van der Waals surface area contributed by atoms with Crippen LogP contribution in [-0.4, -0.2) is 56.2 Å². The number of amides is 1. The molecule has 38 heavy (non-hydrogen) atoms. The minimum atomic E-state index is -5.20. The van der Waals surface area contributed by atoms with Crippen molar-refractivity contribution in [3.05, 3.63) is 59.4 Å². The van der Waals surface area contributed by atoms with E-state index < -0.39 is 74.5 Å². The van der Waals surface area contributed by atoms with Crippen LogP contribution in [0.1, 0.15) is 37.2 Å². The number of carbonyl (C=O) groups is 2. The van der Waals surface area contributed by atoms with E-state index in [4.69, 9.17) is 18.5 Å². The summed E-state index contributed by atoms with van der Waals surface area (Å²) in [7, 11) is -8.60. The van der Waals surface area contributed by atoms with Gasteiger partial charge in [-0.15, -0.1) is 4.52 Å². The molecule has 0 radical (unpaired) electrons. The molecule has 1 amide bonds. The fourth-order valence-corrected chi connectivity index (χ4v) is 6.96. The molecule has 5 unspecified atom stereocenters. The number of halogens is 2. The minimum absolute atomic E-state index is 0.0605. The summed E-state index contributed by atoms with van der Waals surface area (Å²) >= 11 is 0. The van der Waals surface area contributed by atoms with Crippen LogP contribution in [0.3, 0.4) is 0 Å². The smallest absolute Gasteiger partial charge is 0.464 e. The summed E-state index contributed by atoms with van der Waals surface area (Å²) < 4.78 is 75.2. The third kappa shape index (κ3) is 5.75. The first-order valence-electron chi connectivity index (χ1n) is 11.3. The van der Waals surface area contributed by atoms with Crippen molar-refractivity contribution in [3.8, 4) is 5.75 Å². The maximum absolute atomic E-state index is 14.9. The van der Waals surface area contributed by atoms with Crippen LogP contribution in [-0.2, 0) is 34.1 Å². The van der Waals surface area contributed by atoms with Gasteiger partial charge < -0.3 is 24.4 Å². The van der Waals surface area contributed by atoms with Gasteiger partial charge in [0.05, 0.1) is 18.0 Å². The molecule has 2 fully saturated rings. The molecular formula is C22H23F2N2O10P2+. The normalized spacial score (nSPS) is 28.2. The monoisotopic (exact) mass is 575 g/mol. The molecule has 0 bridgehead atoms. The van der Waals surface area contributed by atoms with Crippen molar-refractivity contribution >= 4 is 27.7 Å². The van der Waals surface area contributed by atoms with Gasteiger partial charge in [0, 0.05) is 38.0 Å². The molecule has 2 aliphatic heterocycles. The summed E-state index contributed by atoms with van der Waals surface area (Å²) in [5.74, 6) is -3.84. The molecule has 16 heteroatoms. The zero-order chi connectivity index (χ0) is 27.7. The van der Waals surface area contributed by atoms with Crippen LogP contribution in [0.15, 0.2) is 36.7 Å². The van der Waals surface area contributed by atoms with Crippen LogP contribution in [0.4, 0.5) is 13.6 Å². The molecule has 0 saturated carbocycles. The quantitative estimate of drug-likeness (QED) is 0.381. The lowest BCUT2D eigenvalue weighted by Crippen LogP contribution is -2.40. The average Bonchev–Trinajstić information content (AvgIpc) is 3.30. The summed E-state index contributed by atoms with van der Waals surface area (Å²) in [4.78, 5) is 39.1. The molecule has 1 aromatic carbocycles. The standard InChI is InChI=1S/C22H22F2N2O10P2/c1-13(27)33-12-15-5-3-7-26(15)21(28)34-16-8-17(23)19(18(24)9-16)20-35-37(30)22(29,38(31,32)36-20)10-14-4-2-6-25-11-14/h2,4,6,8-9,11,15,20,29H,3,5,7,10,12H2,1H3/p+1. The number of aromatic nitrogens is 1. The van der Waals surface area contributed by atoms with Crippen molar-refractivity contribution in [2.24, 2.45) is 0 Å². The van der Waals surface area contributed by atoms with Gasteiger partial charge in [-0.2, -0.15) is 0 Å². The van der Waals surface area contributed by atoms with Crippen molar-refractivity contribution in [1.29, 1.82) is 0 Å². The molecule has 2 saturated heterocycles. The zero-order valence-electron chi connectivity index (χ0n) is 19.9. The number of ether oxygens (including phenoxy) is 2. The van der Waals surface area contributed by atoms with E-state index in [-0.39, 0.29) is 18.7 Å². The molecule has 4 rings (SSSR count). The van der Waals surface area contributed by atoms with Crippen molar-refractivity contribution in [2.45, 2.75) is 43.6 Å². The van der Waals surface area contributed by atoms with E-state index in [9.17, 15) is 37.5 Å². The highest BCUT2D eigenvalue weighted by Gasteiger charge is 2.71. The number of likely N-dealkylation sites (tertiary alicyclic amines) is 1. The molecule has 0 spiro atoms. The van der Waals surface area contributed by atoms with E-state index in [1.807, 2.05) is 0 Å². The minimum Gasteiger partial charge on any atom is -0.464 e. The van der Waals surface area contributed by atoms with E-state index in [2.05, 4.69) is 4.98 Å². The summed E-state index contributed by atoms with van der Waals surface area (Å²) in [6.45, 7) is 1.44. The van der Waals surface area contributed by atoms with Crippen LogP contribution in [0.25, 0.3) is 0 Å². The lowest BCUT2D eigenvalue weighted by molar-refractivity contribution is -0.142. The molecule has 2 N–H and O–H groups in total. The van der Waals surface area contributed by atoms with Gasteiger partial charge in [-0.25, -0.2) is 13.6 Å². The van der Waals surface area contributed by atoms with Crippen molar-refractivity contribution in [3.63, 3.8) is 0 Å². The second-order valence-corrected chi connectivity index (χ2v) is 12.4. The number of nitrogens with zero attached hydrogens (tertiary/aromatic N) is 2. The van der Waals surface area contributed by atoms with Gasteiger partial charge in [0.25, 0.3) is 6.29 Å². The molecule has 204 valence electrons. The summed E-state index contributed by atoms with van der Waals surface area (Å²) in [5.41, 5.74) is -0.783. The lowest BCUT2D eigenvalue weighted by Gasteiger charge is -2.29. The maximum atomic E-state index is 14.9. The number of aliphatic hydroxyl groups is 1. The fraction of sp³-hybridized carbons (Fsp3) is 0.409. The van der Waals surface area contributed by atoms with E-state index in [0.29, 0.717) is 25.0 Å². The lowest BCUT2D eigenvalue weighted by atomic mass is 10.2. The van der Waals surface area contributed by atoms with Crippen molar-refractivity contribution in [2.75, 3.05) is 13.2 Å². The number of benzene rings is 1. The molecule has 5 atom stereocenters. The summed E-state index contributed by atoms with van der Waals surface area (Å²) in [6.07, 6.45) is -0.0219. The fourth-order valence-electron chi connectivity index (χ4n) is 4.02. The zero-order valence-corrected chi connectivity index (χ0v) is 21.6. The van der Waals surface area contributed by atoms with E-state index in [1.165, 1.54) is 36.4 Å². The molecule has 3 heterocycles. The Kier molecular flexibility index (Phi) is 8.22. The number of carbonyl (C=O) groups excluding carboxylic acids is 2. The Hall–Kier alpha value is -2.86. The molecule has 1 aromatic heterocycles. The van der Waals surface area contributed by atoms with E-state index >= 15 is 0 Å². The van der Waals surface area contributed by atoms with Crippen LogP contribution in [0.5, 0.6) is 5.75 Å². The predicted octanol–water partition coefficient (Wildman–Crippen LogP) is 3.75. The average molecular weight is 575 g/mol. The Labute approximate surface area is 215 Å². The number of esters is 1. The molecular weight excluding hydrogens is 552 g/mol. The second kappa shape index (κ2) is 11.1. The number of pyridine rings is 1. The Balaban J connectivity index is 1.50. The largest absolute Gasteiger partial charge is 0.560 e. The third-order valence-electron chi connectivity index (χ3n) is 5.92. The Morgan fingerprint density at radius 1 is 1.34 bits per heavy atom. The van der Waals surface area contributed by atoms with Crippen molar-refractivity contribution < 1.29 is 56.0 Å². The molecule has 0 aliphatic carbocycles. The van der Waals surface area contributed by atoms with Gasteiger partial charge in [0.1, 0.15) is 24.0 Å². The Morgan fingerprint density at radius 3 is 2.66 bits per heavy atom. The number of hydrogen-bond donors (Lipinski definition) is 2. The number of hydrogen-bond acceptors (Lipinski definition) is 10. The Morgan fingerprint density at radius 2 is 2.05 bits per heavy atom. The third-order valence-corrected chi connectivity index (χ3v) is 9.84. The predicted molar refractivity (Wildman–Crippen MR) is 124 cm³/mol. The first kappa shape index (κ1) is 28.2. The Bertz CT molecular complexity index is 1280. The van der Waals surface area contributed by atoms with Gasteiger partial charge in [0.15, 0.2) is 0 Å². The maximum Gasteiger partial charge on any atom is 0.560 e. The highest BCUT2D eigenvalue weighted by molar-refractivity contribution is 7.68. The number of rotatable bonds is 6. The topological polar surface area (TPSA) is 162 Å². The van der Waals surface area contributed by atoms with Gasteiger partial charge in [-0.05, 0) is 29.0 Å². The molecule has 12 nitrogen and oxygen atoms in total. The van der Waals surface area contributed by atoms with E-state index in [1.54, 1.807) is 0 Å². The van der Waals surface area contributed by atoms with Gasteiger partial charge in [-0.3, -0.25) is 18.9 Å². The summed E-state index contributed by atoms with van der Waals surface area (Å²) in [6, 6.07) is 3.69. The second-order valence-electron chi connectivity index (χ2n) is 8.59. The SMILES string of the molecule is CC(=O)OCC1CCCN1C(=O)Oc1cc(F)c(C2O[P+](=O)C(O)(Cc3cccnc3)P(=O)(O)O2)c(F)c1. The van der Waals surface area contributed by atoms with Gasteiger partial charge in [-0.1, -0.05) is 6.07 Å².